The van der Waals surface area contributed by atoms with Gasteiger partial charge in [-0.1, -0.05) is 31.0 Å². The molecule has 0 atom stereocenters. The number of thioether (sulfide) groups is 1. The molecule has 3 heterocycles. The van der Waals surface area contributed by atoms with Gasteiger partial charge < -0.3 is 15.8 Å². The van der Waals surface area contributed by atoms with Gasteiger partial charge in [-0.2, -0.15) is 0 Å². The number of fused-ring (bicyclic) bond motifs is 1. The van der Waals surface area contributed by atoms with E-state index >= 15 is 0 Å². The lowest BCUT2D eigenvalue weighted by Crippen LogP contribution is -2.17. The number of nitrogens with one attached hydrogen (secondary N) is 1. The van der Waals surface area contributed by atoms with E-state index in [1.165, 1.54) is 42.4 Å². The number of rotatable bonds is 7. The topological polar surface area (TPSA) is 108 Å². The van der Waals surface area contributed by atoms with Crippen molar-refractivity contribution in [3.05, 3.63) is 42.6 Å². The molecule has 0 radical (unpaired) electrons. The molecule has 34 heavy (non-hydrogen) atoms. The van der Waals surface area contributed by atoms with Crippen LogP contribution < -0.4 is 15.8 Å². The number of hydrogen-bond donors (Lipinski definition) is 2. The van der Waals surface area contributed by atoms with Crippen molar-refractivity contribution in [2.75, 3.05) is 23.9 Å². The number of nitrogen functional groups attached to an aromatic ring is 1. The second-order valence-electron chi connectivity index (χ2n) is 8.23. The molecule has 1 aliphatic rings. The van der Waals surface area contributed by atoms with E-state index in [-0.39, 0.29) is 11.7 Å². The molecule has 3 N–H and O–H groups in total. The maximum Gasteiger partial charge on any atom is 0.234 e. The number of pyridine rings is 1. The molecule has 1 fully saturated rings. The van der Waals surface area contributed by atoms with Crippen molar-refractivity contribution in [1.29, 1.82) is 0 Å². The quantitative estimate of drug-likeness (QED) is 0.332. The molecule has 1 saturated carbocycles. The van der Waals surface area contributed by atoms with E-state index in [9.17, 15) is 4.79 Å². The van der Waals surface area contributed by atoms with Crippen molar-refractivity contribution in [2.24, 2.45) is 0 Å². The van der Waals surface area contributed by atoms with E-state index in [0.717, 1.165) is 50.4 Å². The summed E-state index contributed by atoms with van der Waals surface area (Å²) in [5, 5.41) is 13.7. The fourth-order valence-electron chi connectivity index (χ4n) is 4.32. The summed E-state index contributed by atoms with van der Waals surface area (Å²) in [6.45, 7) is 0. The zero-order chi connectivity index (χ0) is 23.5. The highest BCUT2D eigenvalue weighted by atomic mass is 32.2. The standard InChI is InChI=1S/C24H26N6O2S2/c1-32-17-11-9-15(10-12-17)27-19(31)14-33-24-29-28-22(30(24)16-6-3-2-4-7-16)21-20(25)18-8-5-13-26-23(18)34-21/h5,8-13,16H,2-4,6-7,14,25H2,1H3,(H,27,31). The highest BCUT2D eigenvalue weighted by Gasteiger charge is 2.27. The van der Waals surface area contributed by atoms with Gasteiger partial charge in [-0.3, -0.25) is 9.36 Å². The largest absolute Gasteiger partial charge is 0.497 e. The molecule has 0 saturated heterocycles. The fourth-order valence-corrected chi connectivity index (χ4v) is 6.17. The number of hydrogen-bond acceptors (Lipinski definition) is 8. The number of carbonyl (C=O) groups is 1. The Labute approximate surface area is 205 Å². The highest BCUT2D eigenvalue weighted by Crippen LogP contribution is 2.42. The van der Waals surface area contributed by atoms with Gasteiger partial charge in [0.2, 0.25) is 5.91 Å². The first kappa shape index (κ1) is 22.7. The number of anilines is 2. The normalized spacial score (nSPS) is 14.4. The molecule has 3 aromatic heterocycles. The Morgan fingerprint density at radius 2 is 2.00 bits per heavy atom. The third kappa shape index (κ3) is 4.60. The molecule has 8 nitrogen and oxygen atoms in total. The lowest BCUT2D eigenvalue weighted by Gasteiger charge is -2.25. The van der Waals surface area contributed by atoms with Crippen LogP contribution in [0.15, 0.2) is 47.8 Å². The second kappa shape index (κ2) is 10.0. The molecular weight excluding hydrogens is 468 g/mol. The summed E-state index contributed by atoms with van der Waals surface area (Å²) in [6.07, 6.45) is 7.51. The maximum absolute atomic E-state index is 12.6. The SMILES string of the molecule is COc1ccc(NC(=O)CSc2nnc(-c3sc4ncccc4c3N)n2C2CCCCC2)cc1. The smallest absolute Gasteiger partial charge is 0.234 e. The number of ether oxygens (including phenoxy) is 1. The molecular formula is C24H26N6O2S2. The van der Waals surface area contributed by atoms with Crippen molar-refractivity contribution >= 4 is 50.6 Å². The Balaban J connectivity index is 1.40. The minimum absolute atomic E-state index is 0.0968. The van der Waals surface area contributed by atoms with Crippen molar-refractivity contribution in [1.82, 2.24) is 19.7 Å². The summed E-state index contributed by atoms with van der Waals surface area (Å²) < 4.78 is 7.37. The predicted octanol–water partition coefficient (Wildman–Crippen LogP) is 5.38. The van der Waals surface area contributed by atoms with Gasteiger partial charge in [0.1, 0.15) is 10.6 Å². The zero-order valence-corrected chi connectivity index (χ0v) is 20.5. The zero-order valence-electron chi connectivity index (χ0n) is 18.9. The molecule has 1 aromatic carbocycles. The summed E-state index contributed by atoms with van der Waals surface area (Å²) >= 11 is 2.94. The maximum atomic E-state index is 12.6. The van der Waals surface area contributed by atoms with Gasteiger partial charge in [0.15, 0.2) is 11.0 Å². The molecule has 0 unspecified atom stereocenters. The number of thiophene rings is 1. The van der Waals surface area contributed by atoms with Crippen LogP contribution in [0, 0.1) is 0 Å². The fraction of sp³-hybridized carbons (Fsp3) is 0.333. The van der Waals surface area contributed by atoms with Crippen molar-refractivity contribution in [3.8, 4) is 16.5 Å². The summed E-state index contributed by atoms with van der Waals surface area (Å²) in [5.74, 6) is 1.66. The van der Waals surface area contributed by atoms with Crippen LogP contribution in [-0.2, 0) is 4.79 Å². The lowest BCUT2D eigenvalue weighted by molar-refractivity contribution is -0.113. The highest BCUT2D eigenvalue weighted by molar-refractivity contribution is 7.99. The molecule has 0 aliphatic heterocycles. The number of nitrogens with zero attached hydrogens (tertiary/aromatic N) is 4. The van der Waals surface area contributed by atoms with Gasteiger partial charge in [-0.15, -0.1) is 21.5 Å². The van der Waals surface area contributed by atoms with Crippen LogP contribution in [0.2, 0.25) is 0 Å². The second-order valence-corrected chi connectivity index (χ2v) is 10.2. The van der Waals surface area contributed by atoms with E-state index in [1.807, 2.05) is 36.4 Å². The summed E-state index contributed by atoms with van der Waals surface area (Å²) in [4.78, 5) is 18.9. The minimum Gasteiger partial charge on any atom is -0.497 e. The van der Waals surface area contributed by atoms with E-state index in [4.69, 9.17) is 10.5 Å². The Bertz CT molecular complexity index is 1290. The van der Waals surface area contributed by atoms with Crippen LogP contribution >= 0.6 is 23.1 Å². The van der Waals surface area contributed by atoms with Gasteiger partial charge in [0, 0.05) is 23.3 Å². The average molecular weight is 495 g/mol. The van der Waals surface area contributed by atoms with E-state index in [1.54, 1.807) is 13.3 Å². The average Bonchev–Trinajstić information content (AvgIpc) is 3.44. The van der Waals surface area contributed by atoms with E-state index < -0.39 is 0 Å². The number of amides is 1. The van der Waals surface area contributed by atoms with E-state index in [0.29, 0.717) is 11.7 Å². The Morgan fingerprint density at radius 3 is 2.74 bits per heavy atom. The number of aromatic nitrogens is 4. The first-order valence-corrected chi connectivity index (χ1v) is 13.1. The lowest BCUT2D eigenvalue weighted by atomic mass is 9.95. The van der Waals surface area contributed by atoms with Crippen molar-refractivity contribution in [3.63, 3.8) is 0 Å². The number of nitrogens with two attached hydrogens (primary N) is 1. The molecule has 10 heteroatoms. The van der Waals surface area contributed by atoms with Gasteiger partial charge in [-0.25, -0.2) is 4.98 Å². The van der Waals surface area contributed by atoms with Gasteiger partial charge in [0.25, 0.3) is 0 Å². The number of methoxy groups -OCH3 is 1. The third-order valence-electron chi connectivity index (χ3n) is 6.02. The Hall–Kier alpha value is -3.11. The summed E-state index contributed by atoms with van der Waals surface area (Å²) in [6, 6.07) is 11.5. The van der Waals surface area contributed by atoms with Crippen LogP contribution in [-0.4, -0.2) is 38.5 Å². The first-order chi connectivity index (χ1) is 16.6. The first-order valence-electron chi connectivity index (χ1n) is 11.3. The molecule has 5 rings (SSSR count). The van der Waals surface area contributed by atoms with Gasteiger partial charge in [0.05, 0.1) is 23.4 Å². The van der Waals surface area contributed by atoms with Crippen molar-refractivity contribution in [2.45, 2.75) is 43.3 Å². The third-order valence-corrected chi connectivity index (χ3v) is 8.09. The Kier molecular flexibility index (Phi) is 6.68. The molecule has 1 aliphatic carbocycles. The van der Waals surface area contributed by atoms with Crippen LogP contribution in [0.1, 0.15) is 38.1 Å². The van der Waals surface area contributed by atoms with Crippen molar-refractivity contribution < 1.29 is 9.53 Å². The van der Waals surface area contributed by atoms with Crippen LogP contribution in [0.25, 0.3) is 20.9 Å². The number of benzene rings is 1. The molecule has 176 valence electrons. The van der Waals surface area contributed by atoms with Crippen LogP contribution in [0.4, 0.5) is 11.4 Å². The Morgan fingerprint density at radius 1 is 1.21 bits per heavy atom. The predicted molar refractivity (Wildman–Crippen MR) is 138 cm³/mol. The minimum atomic E-state index is -0.0968. The number of carbonyl (C=O) groups excluding carboxylic acids is 1. The molecule has 0 spiro atoms. The summed E-state index contributed by atoms with van der Waals surface area (Å²) in [5.41, 5.74) is 7.93. The molecule has 1 amide bonds. The van der Waals surface area contributed by atoms with Gasteiger partial charge in [-0.05, 0) is 49.2 Å². The van der Waals surface area contributed by atoms with Crippen LogP contribution in [0.5, 0.6) is 5.75 Å². The molecule has 4 aromatic rings. The summed E-state index contributed by atoms with van der Waals surface area (Å²) in [7, 11) is 1.61. The van der Waals surface area contributed by atoms with Gasteiger partial charge >= 0.3 is 0 Å². The monoisotopic (exact) mass is 494 g/mol. The van der Waals surface area contributed by atoms with E-state index in [2.05, 4.69) is 25.1 Å². The van der Waals surface area contributed by atoms with Crippen LogP contribution in [0.3, 0.4) is 0 Å². The molecule has 0 bridgehead atoms.